The zero-order valence-electron chi connectivity index (χ0n) is 24.0. The molecule has 1 atom stereocenters. The van der Waals surface area contributed by atoms with Crippen molar-refractivity contribution in [2.24, 2.45) is 0 Å². The third-order valence-corrected chi connectivity index (χ3v) is 5.61. The second-order valence-corrected chi connectivity index (χ2v) is 10.2. The predicted molar refractivity (Wildman–Crippen MR) is 154 cm³/mol. The number of ether oxygens (including phenoxy) is 4. The molecule has 0 aliphatic carbocycles. The Balaban J connectivity index is 1.81. The fourth-order valence-electron chi connectivity index (χ4n) is 3.73. The molecule has 3 aromatic carbocycles. The van der Waals surface area contributed by atoms with E-state index in [2.05, 4.69) is 10.7 Å². The van der Waals surface area contributed by atoms with Crippen molar-refractivity contribution in [3.63, 3.8) is 0 Å². The smallest absolute Gasteiger partial charge is 0.429 e. The van der Waals surface area contributed by atoms with Gasteiger partial charge in [0.1, 0.15) is 18.8 Å². The van der Waals surface area contributed by atoms with Crippen LogP contribution in [0.1, 0.15) is 37.5 Å². The highest BCUT2D eigenvalue weighted by atomic mass is 16.6. The van der Waals surface area contributed by atoms with Crippen molar-refractivity contribution in [2.75, 3.05) is 12.4 Å². The number of amides is 3. The van der Waals surface area contributed by atoms with E-state index in [1.165, 1.54) is 0 Å². The topological polar surface area (TPSA) is 132 Å². The Morgan fingerprint density at radius 1 is 0.762 bits per heavy atom. The van der Waals surface area contributed by atoms with E-state index in [-0.39, 0.29) is 19.6 Å². The molecule has 1 unspecified atom stereocenters. The molecule has 3 aromatic rings. The Kier molecular flexibility index (Phi) is 11.3. The van der Waals surface area contributed by atoms with Crippen molar-refractivity contribution in [1.29, 1.82) is 0 Å². The van der Waals surface area contributed by atoms with Crippen LogP contribution in [0.15, 0.2) is 84.9 Å². The summed E-state index contributed by atoms with van der Waals surface area (Å²) in [6, 6.07) is 23.1. The number of hydrogen-bond donors (Lipinski definition) is 2. The lowest BCUT2D eigenvalue weighted by Crippen LogP contribution is -2.56. The predicted octanol–water partition coefficient (Wildman–Crippen LogP) is 5.60. The number of benzene rings is 3. The summed E-state index contributed by atoms with van der Waals surface area (Å²) in [5.41, 5.74) is 4.01. The quantitative estimate of drug-likeness (QED) is 0.191. The van der Waals surface area contributed by atoms with Crippen LogP contribution in [0.3, 0.4) is 0 Å². The van der Waals surface area contributed by atoms with E-state index in [1.54, 1.807) is 93.6 Å². The maximum absolute atomic E-state index is 13.3. The second-order valence-electron chi connectivity index (χ2n) is 10.2. The largest absolute Gasteiger partial charge is 0.467 e. The lowest BCUT2D eigenvalue weighted by Gasteiger charge is -2.29. The number of esters is 1. The third-order valence-electron chi connectivity index (χ3n) is 5.61. The Labute approximate surface area is 244 Å². The van der Waals surface area contributed by atoms with Crippen LogP contribution in [0.2, 0.25) is 0 Å². The van der Waals surface area contributed by atoms with Gasteiger partial charge in [0.15, 0.2) is 6.04 Å². The maximum Gasteiger partial charge on any atom is 0.429 e. The summed E-state index contributed by atoms with van der Waals surface area (Å²) in [5.74, 6) is -0.819. The molecular formula is C31H35N3O8. The van der Waals surface area contributed by atoms with Gasteiger partial charge in [-0.2, -0.15) is 0 Å². The van der Waals surface area contributed by atoms with Crippen molar-refractivity contribution in [3.8, 4) is 0 Å². The highest BCUT2D eigenvalue weighted by Crippen LogP contribution is 2.18. The van der Waals surface area contributed by atoms with Gasteiger partial charge < -0.3 is 18.9 Å². The van der Waals surface area contributed by atoms with E-state index in [0.29, 0.717) is 16.8 Å². The van der Waals surface area contributed by atoms with Gasteiger partial charge >= 0.3 is 24.2 Å². The molecule has 222 valence electrons. The first-order valence-corrected chi connectivity index (χ1v) is 13.2. The van der Waals surface area contributed by atoms with Crippen LogP contribution < -0.4 is 10.7 Å². The van der Waals surface area contributed by atoms with E-state index >= 15 is 0 Å². The van der Waals surface area contributed by atoms with Gasteiger partial charge in [0.2, 0.25) is 0 Å². The zero-order chi connectivity index (χ0) is 30.5. The zero-order valence-corrected chi connectivity index (χ0v) is 24.0. The highest BCUT2D eigenvalue weighted by Gasteiger charge is 2.34. The molecule has 0 aromatic heterocycles. The molecule has 0 saturated heterocycles. The maximum atomic E-state index is 13.3. The first-order valence-electron chi connectivity index (χ1n) is 13.2. The molecule has 11 nitrogen and oxygen atoms in total. The molecule has 2 N–H and O–H groups in total. The Hall–Kier alpha value is -5.06. The summed E-state index contributed by atoms with van der Waals surface area (Å²) in [5, 5.41) is 3.38. The van der Waals surface area contributed by atoms with Crippen LogP contribution in [0, 0.1) is 0 Å². The standard InChI is InChI=1S/C31H35N3O8/c1-31(2,3)42-28(36)32-25-17-11-16-24(18-25)19-26(27(35)39-4)34(30(38)41-21-23-14-9-6-10-15-23)33-29(37)40-20-22-12-7-5-8-13-22/h5-18,26H,19-21H2,1-4H3,(H,32,36)(H,33,37). The van der Waals surface area contributed by atoms with Gasteiger partial charge in [-0.1, -0.05) is 72.8 Å². The fourth-order valence-corrected chi connectivity index (χ4v) is 3.73. The normalized spacial score (nSPS) is 11.4. The third kappa shape index (κ3) is 10.5. The SMILES string of the molecule is COC(=O)C(Cc1cccc(NC(=O)OC(C)(C)C)c1)N(NC(=O)OCc1ccccc1)C(=O)OCc1ccccc1. The van der Waals surface area contributed by atoms with E-state index in [4.69, 9.17) is 18.9 Å². The molecule has 0 spiro atoms. The average molecular weight is 578 g/mol. The molecule has 42 heavy (non-hydrogen) atoms. The van der Waals surface area contributed by atoms with Crippen LogP contribution in [0.5, 0.6) is 0 Å². The van der Waals surface area contributed by atoms with Crippen LogP contribution in [-0.2, 0) is 43.4 Å². The number of hydrazine groups is 1. The molecule has 0 aliphatic rings. The summed E-state index contributed by atoms with van der Waals surface area (Å²) < 4.78 is 21.0. The Morgan fingerprint density at radius 3 is 1.90 bits per heavy atom. The van der Waals surface area contributed by atoms with Gasteiger partial charge in [0.25, 0.3) is 0 Å². The molecule has 0 fully saturated rings. The lowest BCUT2D eigenvalue weighted by molar-refractivity contribution is -0.147. The van der Waals surface area contributed by atoms with E-state index in [9.17, 15) is 19.2 Å². The second kappa shape index (κ2) is 15.1. The molecule has 0 bridgehead atoms. The number of methoxy groups -OCH3 is 1. The van der Waals surface area contributed by atoms with E-state index in [0.717, 1.165) is 17.7 Å². The Morgan fingerprint density at radius 2 is 1.33 bits per heavy atom. The lowest BCUT2D eigenvalue weighted by atomic mass is 10.0. The molecular weight excluding hydrogens is 542 g/mol. The van der Waals surface area contributed by atoms with Gasteiger partial charge in [-0.3, -0.25) is 5.32 Å². The summed E-state index contributed by atoms with van der Waals surface area (Å²) in [4.78, 5) is 51.3. The van der Waals surface area contributed by atoms with Gasteiger partial charge in [-0.15, -0.1) is 0 Å². The first-order chi connectivity index (χ1) is 20.0. The molecule has 3 rings (SSSR count). The molecule has 0 radical (unpaired) electrons. The summed E-state index contributed by atoms with van der Waals surface area (Å²) in [6.45, 7) is 5.05. The van der Waals surface area contributed by atoms with Gasteiger partial charge in [-0.05, 0) is 49.6 Å². The number of carbonyl (C=O) groups excluding carboxylic acids is 4. The molecule has 0 aliphatic heterocycles. The van der Waals surface area contributed by atoms with E-state index < -0.39 is 35.9 Å². The number of carbonyl (C=O) groups is 4. The first kappa shape index (κ1) is 31.5. The number of nitrogens with zero attached hydrogens (tertiary/aromatic N) is 1. The summed E-state index contributed by atoms with van der Waals surface area (Å²) >= 11 is 0. The molecule has 0 saturated carbocycles. The van der Waals surface area contributed by atoms with Gasteiger partial charge in [0.05, 0.1) is 7.11 Å². The van der Waals surface area contributed by atoms with Gasteiger partial charge in [0, 0.05) is 12.1 Å². The minimum absolute atomic E-state index is 0.0686. The minimum atomic E-state index is -1.35. The Bertz CT molecular complexity index is 1340. The highest BCUT2D eigenvalue weighted by molar-refractivity contribution is 5.85. The molecule has 11 heteroatoms. The summed E-state index contributed by atoms with van der Waals surface area (Å²) in [6.07, 6.45) is -2.74. The van der Waals surface area contributed by atoms with Crippen LogP contribution >= 0.6 is 0 Å². The average Bonchev–Trinajstić information content (AvgIpc) is 2.96. The van der Waals surface area contributed by atoms with Crippen LogP contribution in [0.4, 0.5) is 20.1 Å². The number of nitrogens with one attached hydrogen (secondary N) is 2. The molecule has 3 amide bonds. The van der Waals surface area contributed by atoms with Crippen molar-refractivity contribution >= 4 is 29.9 Å². The van der Waals surface area contributed by atoms with Crippen molar-refractivity contribution in [2.45, 2.75) is 52.0 Å². The molecule has 0 heterocycles. The van der Waals surface area contributed by atoms with Gasteiger partial charge in [-0.25, -0.2) is 29.6 Å². The number of rotatable bonds is 9. The number of anilines is 1. The van der Waals surface area contributed by atoms with Crippen LogP contribution in [0.25, 0.3) is 0 Å². The van der Waals surface area contributed by atoms with Crippen LogP contribution in [-0.4, -0.2) is 48.0 Å². The van der Waals surface area contributed by atoms with Crippen molar-refractivity contribution < 1.29 is 38.1 Å². The fraction of sp³-hybridized carbons (Fsp3) is 0.290. The summed E-state index contributed by atoms with van der Waals surface area (Å²) in [7, 11) is 1.16. The van der Waals surface area contributed by atoms with Crippen molar-refractivity contribution in [3.05, 3.63) is 102 Å². The van der Waals surface area contributed by atoms with Crippen molar-refractivity contribution in [1.82, 2.24) is 10.4 Å². The number of hydrogen-bond acceptors (Lipinski definition) is 8. The monoisotopic (exact) mass is 577 g/mol. The minimum Gasteiger partial charge on any atom is -0.467 e. The van der Waals surface area contributed by atoms with E-state index in [1.807, 2.05) is 12.1 Å².